The van der Waals surface area contributed by atoms with Crippen LogP contribution < -0.4 is 0 Å². The Hall–Kier alpha value is -0.130. The molecule has 1 aromatic carbocycles. The second kappa shape index (κ2) is 4.20. The molecule has 0 aliphatic carbocycles. The van der Waals surface area contributed by atoms with Crippen LogP contribution in [0.5, 0.6) is 0 Å². The Morgan fingerprint density at radius 1 is 1.17 bits per heavy atom. The Kier molecular flexibility index (Phi) is 4.16. The van der Waals surface area contributed by atoms with E-state index in [2.05, 4.69) is 0 Å². The molecule has 1 rings (SSSR count). The molecule has 0 unspecified atom stereocenters. The minimum Gasteiger partial charge on any atom is -0.744 e. The van der Waals surface area contributed by atoms with Crippen molar-refractivity contribution >= 4 is 10.1 Å². The number of aryl methyl sites for hydroxylation is 1. The number of hydrogen-bond donors (Lipinski definition) is 0. The molecule has 0 aliphatic heterocycles. The van der Waals surface area contributed by atoms with Crippen molar-refractivity contribution in [1.82, 2.24) is 0 Å². The van der Waals surface area contributed by atoms with E-state index in [4.69, 9.17) is 0 Å². The summed E-state index contributed by atoms with van der Waals surface area (Å²) in [5.74, 6) is 0. The van der Waals surface area contributed by atoms with Gasteiger partial charge in [0.25, 0.3) is 0 Å². The molecule has 12 heavy (non-hydrogen) atoms. The molecule has 3 nitrogen and oxygen atoms in total. The van der Waals surface area contributed by atoms with E-state index in [1.807, 2.05) is 6.92 Å². The van der Waals surface area contributed by atoms with Gasteiger partial charge in [-0.2, -0.15) is 0 Å². The van der Waals surface area contributed by atoms with E-state index in [-0.39, 0.29) is 27.3 Å². The van der Waals surface area contributed by atoms with E-state index in [1.54, 1.807) is 12.1 Å². The van der Waals surface area contributed by atoms with E-state index >= 15 is 0 Å². The molecule has 5 heteroatoms. The van der Waals surface area contributed by atoms with Crippen LogP contribution in [-0.4, -0.2) is 13.0 Å². The Labute approximate surface area is 87.1 Å². The van der Waals surface area contributed by atoms with Gasteiger partial charge in [-0.3, -0.25) is 0 Å². The van der Waals surface area contributed by atoms with Crippen LogP contribution in [0.1, 0.15) is 5.56 Å². The molecule has 0 N–H and O–H groups in total. The Balaban J connectivity index is 0.00000121. The minimum absolute atomic E-state index is 0. The van der Waals surface area contributed by atoms with E-state index in [0.717, 1.165) is 5.56 Å². The molecule has 0 spiro atoms. The first kappa shape index (κ1) is 11.9. The third-order valence-corrected chi connectivity index (χ3v) is 2.16. The van der Waals surface area contributed by atoms with Gasteiger partial charge in [-0.15, -0.1) is 0 Å². The van der Waals surface area contributed by atoms with Crippen LogP contribution in [0.2, 0.25) is 0 Å². The van der Waals surface area contributed by atoms with Gasteiger partial charge < -0.3 is 4.55 Å². The Morgan fingerprint density at radius 2 is 1.58 bits per heavy atom. The van der Waals surface area contributed by atoms with E-state index in [9.17, 15) is 13.0 Å². The molecular formula is C7H7AuO3S. The van der Waals surface area contributed by atoms with Crippen molar-refractivity contribution in [2.75, 3.05) is 0 Å². The van der Waals surface area contributed by atoms with Crippen molar-refractivity contribution in [2.24, 2.45) is 0 Å². The SMILES string of the molecule is Cc1ccc(S(=O)(=O)[O-])cc1.[Au+]. The van der Waals surface area contributed by atoms with Crippen LogP contribution >= 0.6 is 0 Å². The van der Waals surface area contributed by atoms with Crippen LogP contribution in [0.15, 0.2) is 29.2 Å². The quantitative estimate of drug-likeness (QED) is 0.547. The van der Waals surface area contributed by atoms with Gasteiger partial charge >= 0.3 is 22.4 Å². The van der Waals surface area contributed by atoms with Crippen molar-refractivity contribution in [3.8, 4) is 0 Å². The largest absolute Gasteiger partial charge is 1.00 e. The third-order valence-electron chi connectivity index (χ3n) is 1.31. The van der Waals surface area contributed by atoms with Gasteiger partial charge in [0.05, 0.1) is 4.90 Å². The summed E-state index contributed by atoms with van der Waals surface area (Å²) >= 11 is 0. The molecule has 1 aromatic rings. The first-order valence-electron chi connectivity index (χ1n) is 3.03. The maximum Gasteiger partial charge on any atom is 1.00 e. The molecule has 0 aliphatic rings. The Bertz CT molecular complexity index is 341. The van der Waals surface area contributed by atoms with Gasteiger partial charge in [-0.25, -0.2) is 8.42 Å². The zero-order valence-corrected chi connectivity index (χ0v) is 9.23. The van der Waals surface area contributed by atoms with Crippen molar-refractivity contribution < 1.29 is 35.4 Å². The number of benzene rings is 1. The fourth-order valence-corrected chi connectivity index (χ4v) is 1.17. The second-order valence-electron chi connectivity index (χ2n) is 2.27. The monoisotopic (exact) mass is 368 g/mol. The molecule has 70 valence electrons. The molecule has 0 heterocycles. The summed E-state index contributed by atoms with van der Waals surface area (Å²) in [4.78, 5) is -0.178. The van der Waals surface area contributed by atoms with Crippen LogP contribution in [0.25, 0.3) is 0 Å². The van der Waals surface area contributed by atoms with Crippen LogP contribution in [-0.2, 0) is 32.5 Å². The molecule has 0 radical (unpaired) electrons. The van der Waals surface area contributed by atoms with E-state index in [0.29, 0.717) is 0 Å². The molecular weight excluding hydrogens is 361 g/mol. The fourth-order valence-electron chi connectivity index (χ4n) is 0.705. The van der Waals surface area contributed by atoms with Gasteiger partial charge in [-0.1, -0.05) is 17.7 Å². The summed E-state index contributed by atoms with van der Waals surface area (Å²) in [6.07, 6.45) is 0. The predicted molar refractivity (Wildman–Crippen MR) is 39.1 cm³/mol. The van der Waals surface area contributed by atoms with Gasteiger partial charge in [0, 0.05) is 0 Å². The average Bonchev–Trinajstić information content (AvgIpc) is 1.86. The molecule has 0 fully saturated rings. The standard InChI is InChI=1S/C7H8O3S.Au/c1-6-2-4-7(5-3-6)11(8,9)10;/h2-5H,1H3,(H,8,9,10);/q;+1/p-1. The van der Waals surface area contributed by atoms with E-state index in [1.165, 1.54) is 12.1 Å². The van der Waals surface area contributed by atoms with Crippen LogP contribution in [0.3, 0.4) is 0 Å². The summed E-state index contributed by atoms with van der Waals surface area (Å²) in [7, 11) is -4.27. The molecule has 0 saturated heterocycles. The van der Waals surface area contributed by atoms with E-state index < -0.39 is 10.1 Å². The molecule has 0 saturated carbocycles. The molecule has 0 bridgehead atoms. The normalized spacial score (nSPS) is 10.5. The topological polar surface area (TPSA) is 57.2 Å². The van der Waals surface area contributed by atoms with Crippen molar-refractivity contribution in [2.45, 2.75) is 11.8 Å². The summed E-state index contributed by atoms with van der Waals surface area (Å²) in [6, 6.07) is 5.78. The summed E-state index contributed by atoms with van der Waals surface area (Å²) in [5.41, 5.74) is 0.928. The average molecular weight is 368 g/mol. The maximum absolute atomic E-state index is 10.4. The van der Waals surface area contributed by atoms with Gasteiger partial charge in [0.2, 0.25) is 0 Å². The van der Waals surface area contributed by atoms with Gasteiger partial charge in [0.1, 0.15) is 10.1 Å². The van der Waals surface area contributed by atoms with Gasteiger partial charge in [0.15, 0.2) is 0 Å². The summed E-state index contributed by atoms with van der Waals surface area (Å²) in [5, 5.41) is 0. The third kappa shape index (κ3) is 3.08. The van der Waals surface area contributed by atoms with Crippen molar-refractivity contribution in [1.29, 1.82) is 0 Å². The van der Waals surface area contributed by atoms with Crippen molar-refractivity contribution in [3.05, 3.63) is 29.8 Å². The Morgan fingerprint density at radius 3 is 1.92 bits per heavy atom. The first-order valence-corrected chi connectivity index (χ1v) is 4.43. The summed E-state index contributed by atoms with van der Waals surface area (Å²) in [6.45, 7) is 1.82. The number of hydrogen-bond acceptors (Lipinski definition) is 3. The molecule has 0 atom stereocenters. The number of rotatable bonds is 1. The van der Waals surface area contributed by atoms with Crippen LogP contribution in [0, 0.1) is 6.92 Å². The smallest absolute Gasteiger partial charge is 0.744 e. The molecule has 0 aromatic heterocycles. The maximum atomic E-state index is 10.4. The zero-order chi connectivity index (χ0) is 8.48. The fraction of sp³-hybridized carbons (Fsp3) is 0.143. The second-order valence-corrected chi connectivity index (χ2v) is 3.65. The van der Waals surface area contributed by atoms with Crippen molar-refractivity contribution in [3.63, 3.8) is 0 Å². The van der Waals surface area contributed by atoms with Gasteiger partial charge in [-0.05, 0) is 19.1 Å². The first-order chi connectivity index (χ1) is 5.00. The molecule has 0 amide bonds. The zero-order valence-electron chi connectivity index (χ0n) is 6.24. The van der Waals surface area contributed by atoms with Crippen LogP contribution in [0.4, 0.5) is 0 Å². The predicted octanol–water partition coefficient (Wildman–Crippen LogP) is 0.897. The summed E-state index contributed by atoms with van der Waals surface area (Å²) < 4.78 is 31.2. The minimum atomic E-state index is -4.27.